The van der Waals surface area contributed by atoms with Gasteiger partial charge in [-0.3, -0.25) is 4.79 Å². The average Bonchev–Trinajstić information content (AvgIpc) is 2.46. The van der Waals surface area contributed by atoms with Crippen molar-refractivity contribution in [3.05, 3.63) is 34.9 Å². The molecule has 1 aliphatic heterocycles. The van der Waals surface area contributed by atoms with Gasteiger partial charge in [-0.1, -0.05) is 29.3 Å². The molecule has 4 nitrogen and oxygen atoms in total. The van der Waals surface area contributed by atoms with Crippen LogP contribution in [0.4, 0.5) is 0 Å². The molecule has 2 unspecified atom stereocenters. The fraction of sp³-hybridized carbons (Fsp3) is 0.611. The van der Waals surface area contributed by atoms with Gasteiger partial charge in [-0.25, -0.2) is 0 Å². The third-order valence-corrected chi connectivity index (χ3v) is 4.29. The first-order chi connectivity index (χ1) is 10.5. The highest BCUT2D eigenvalue weighted by Gasteiger charge is 2.27. The minimum Gasteiger partial charge on any atom is -0.381 e. The Bertz CT molecular complexity index is 490. The van der Waals surface area contributed by atoms with Gasteiger partial charge in [-0.15, -0.1) is 0 Å². The van der Waals surface area contributed by atoms with Crippen LogP contribution in [0.3, 0.4) is 0 Å². The Kier molecular flexibility index (Phi) is 5.98. The van der Waals surface area contributed by atoms with Gasteiger partial charge < -0.3 is 15.8 Å². The summed E-state index contributed by atoms with van der Waals surface area (Å²) in [5.74, 6) is 0.200. The van der Waals surface area contributed by atoms with E-state index in [-0.39, 0.29) is 17.9 Å². The lowest BCUT2D eigenvalue weighted by Gasteiger charge is -2.27. The number of aryl methyl sites for hydroxylation is 2. The summed E-state index contributed by atoms with van der Waals surface area (Å²) in [5, 5.41) is 3.06. The predicted octanol–water partition coefficient (Wildman–Crippen LogP) is 2.10. The molecule has 4 heteroatoms. The van der Waals surface area contributed by atoms with Crippen molar-refractivity contribution in [3.63, 3.8) is 0 Å². The lowest BCUT2D eigenvalue weighted by Crippen LogP contribution is -2.49. The number of carbonyl (C=O) groups is 1. The fourth-order valence-corrected chi connectivity index (χ4v) is 3.22. The molecule has 0 spiro atoms. The summed E-state index contributed by atoms with van der Waals surface area (Å²) in [5.41, 5.74) is 9.88. The van der Waals surface area contributed by atoms with Crippen LogP contribution < -0.4 is 11.1 Å². The van der Waals surface area contributed by atoms with Gasteiger partial charge in [0, 0.05) is 19.3 Å². The number of carbonyl (C=O) groups excluding carboxylic acids is 1. The number of nitrogens with two attached hydrogens (primary N) is 1. The van der Waals surface area contributed by atoms with Gasteiger partial charge in [-0.05, 0) is 51.5 Å². The molecule has 0 aromatic heterocycles. The van der Waals surface area contributed by atoms with Gasteiger partial charge in [-0.2, -0.15) is 0 Å². The molecule has 3 N–H and O–H groups in total. The predicted molar refractivity (Wildman–Crippen MR) is 88.7 cm³/mol. The summed E-state index contributed by atoms with van der Waals surface area (Å²) in [6.07, 6.45) is 2.58. The molecule has 1 aromatic rings. The second-order valence-electron chi connectivity index (χ2n) is 6.59. The van der Waals surface area contributed by atoms with Gasteiger partial charge in [0.15, 0.2) is 0 Å². The summed E-state index contributed by atoms with van der Waals surface area (Å²) in [6.45, 7) is 7.65. The first kappa shape index (κ1) is 17.0. The van der Waals surface area contributed by atoms with E-state index in [1.807, 2.05) is 6.92 Å². The quantitative estimate of drug-likeness (QED) is 0.875. The van der Waals surface area contributed by atoms with Crippen molar-refractivity contribution in [2.75, 3.05) is 13.2 Å². The van der Waals surface area contributed by atoms with Crippen molar-refractivity contribution >= 4 is 5.91 Å². The number of rotatable bonds is 5. The van der Waals surface area contributed by atoms with Crippen LogP contribution >= 0.6 is 0 Å². The van der Waals surface area contributed by atoms with Crippen molar-refractivity contribution in [1.29, 1.82) is 0 Å². The molecule has 122 valence electrons. The molecule has 0 aliphatic carbocycles. The van der Waals surface area contributed by atoms with Crippen LogP contribution in [0.1, 0.15) is 36.5 Å². The molecular weight excluding hydrogens is 276 g/mol. The third kappa shape index (κ3) is 4.82. The standard InChI is InChI=1S/C18H28N2O2/c1-12-8-13(2)10-15(9-12)11-14(3)20-18(21)17(19)16-4-6-22-7-5-16/h8-10,14,16-17H,4-7,11,19H2,1-3H3,(H,20,21). The van der Waals surface area contributed by atoms with E-state index in [1.54, 1.807) is 0 Å². The maximum Gasteiger partial charge on any atom is 0.237 e. The van der Waals surface area contributed by atoms with Gasteiger partial charge in [0.05, 0.1) is 6.04 Å². The zero-order valence-corrected chi connectivity index (χ0v) is 13.9. The number of amides is 1. The van der Waals surface area contributed by atoms with E-state index in [0.29, 0.717) is 13.2 Å². The first-order valence-corrected chi connectivity index (χ1v) is 8.16. The molecule has 22 heavy (non-hydrogen) atoms. The van der Waals surface area contributed by atoms with Gasteiger partial charge >= 0.3 is 0 Å². The topological polar surface area (TPSA) is 64.4 Å². The molecule has 1 aromatic carbocycles. The highest BCUT2D eigenvalue weighted by molar-refractivity contribution is 5.82. The Morgan fingerprint density at radius 2 is 1.86 bits per heavy atom. The minimum absolute atomic E-state index is 0.0382. The normalized spacial score (nSPS) is 18.7. The van der Waals surface area contributed by atoms with Crippen LogP contribution in [0.2, 0.25) is 0 Å². The summed E-state index contributed by atoms with van der Waals surface area (Å²) >= 11 is 0. The highest BCUT2D eigenvalue weighted by atomic mass is 16.5. The lowest BCUT2D eigenvalue weighted by molar-refractivity contribution is -0.124. The molecule has 0 bridgehead atoms. The van der Waals surface area contributed by atoms with Crippen molar-refractivity contribution < 1.29 is 9.53 Å². The summed E-state index contributed by atoms with van der Waals surface area (Å²) in [4.78, 5) is 12.3. The Morgan fingerprint density at radius 3 is 2.45 bits per heavy atom. The van der Waals surface area contributed by atoms with Crippen LogP contribution in [-0.4, -0.2) is 31.2 Å². The Hall–Kier alpha value is -1.39. The second kappa shape index (κ2) is 7.75. The van der Waals surface area contributed by atoms with E-state index in [9.17, 15) is 4.79 Å². The molecule has 1 heterocycles. The molecule has 1 aliphatic rings. The molecule has 1 saturated heterocycles. The average molecular weight is 304 g/mol. The van der Waals surface area contributed by atoms with E-state index in [4.69, 9.17) is 10.5 Å². The third-order valence-electron chi connectivity index (χ3n) is 4.29. The second-order valence-corrected chi connectivity index (χ2v) is 6.59. The zero-order chi connectivity index (χ0) is 16.1. The molecule has 1 fully saturated rings. The van der Waals surface area contributed by atoms with Crippen molar-refractivity contribution in [3.8, 4) is 0 Å². The van der Waals surface area contributed by atoms with E-state index in [2.05, 4.69) is 37.4 Å². The van der Waals surface area contributed by atoms with Crippen LogP contribution in [-0.2, 0) is 16.0 Å². The van der Waals surface area contributed by atoms with Gasteiger partial charge in [0.25, 0.3) is 0 Å². The van der Waals surface area contributed by atoms with Crippen molar-refractivity contribution in [2.24, 2.45) is 11.7 Å². The first-order valence-electron chi connectivity index (χ1n) is 8.16. The molecular formula is C18H28N2O2. The summed E-state index contributed by atoms with van der Waals surface area (Å²) < 4.78 is 5.32. The van der Waals surface area contributed by atoms with Crippen LogP contribution in [0.5, 0.6) is 0 Å². The van der Waals surface area contributed by atoms with E-state index in [0.717, 1.165) is 19.3 Å². The van der Waals surface area contributed by atoms with Crippen LogP contribution in [0.25, 0.3) is 0 Å². The van der Waals surface area contributed by atoms with E-state index >= 15 is 0 Å². The van der Waals surface area contributed by atoms with Crippen LogP contribution in [0.15, 0.2) is 18.2 Å². The van der Waals surface area contributed by atoms with Crippen molar-refractivity contribution in [1.82, 2.24) is 5.32 Å². The SMILES string of the molecule is Cc1cc(C)cc(CC(C)NC(=O)C(N)C2CCOCC2)c1. The summed E-state index contributed by atoms with van der Waals surface area (Å²) in [7, 11) is 0. The van der Waals surface area contributed by atoms with E-state index < -0.39 is 6.04 Å². The van der Waals surface area contributed by atoms with E-state index in [1.165, 1.54) is 16.7 Å². The monoisotopic (exact) mass is 304 g/mol. The molecule has 0 saturated carbocycles. The number of hydrogen-bond acceptors (Lipinski definition) is 3. The Morgan fingerprint density at radius 1 is 1.27 bits per heavy atom. The minimum atomic E-state index is -0.425. The molecule has 2 atom stereocenters. The maximum atomic E-state index is 12.3. The number of benzene rings is 1. The Labute approximate surface area is 133 Å². The Balaban J connectivity index is 1.87. The lowest BCUT2D eigenvalue weighted by atomic mass is 9.91. The maximum absolute atomic E-state index is 12.3. The highest BCUT2D eigenvalue weighted by Crippen LogP contribution is 2.18. The molecule has 0 radical (unpaired) electrons. The molecule has 1 amide bonds. The number of ether oxygens (including phenoxy) is 1. The number of nitrogens with one attached hydrogen (secondary N) is 1. The van der Waals surface area contributed by atoms with Crippen molar-refractivity contribution in [2.45, 2.75) is 52.1 Å². The largest absolute Gasteiger partial charge is 0.381 e. The number of hydrogen-bond donors (Lipinski definition) is 2. The zero-order valence-electron chi connectivity index (χ0n) is 13.9. The molecule has 2 rings (SSSR count). The fourth-order valence-electron chi connectivity index (χ4n) is 3.22. The van der Waals surface area contributed by atoms with Crippen LogP contribution in [0, 0.1) is 19.8 Å². The smallest absolute Gasteiger partial charge is 0.237 e. The van der Waals surface area contributed by atoms with Gasteiger partial charge in [0.2, 0.25) is 5.91 Å². The van der Waals surface area contributed by atoms with Gasteiger partial charge in [0.1, 0.15) is 0 Å². The summed E-state index contributed by atoms with van der Waals surface area (Å²) in [6, 6.07) is 6.17.